The van der Waals surface area contributed by atoms with E-state index < -0.39 is 10.8 Å². The fourth-order valence-electron chi connectivity index (χ4n) is 2.31. The van der Waals surface area contributed by atoms with Crippen molar-refractivity contribution in [2.24, 2.45) is 22.7 Å². The summed E-state index contributed by atoms with van der Waals surface area (Å²) in [6.07, 6.45) is 3.51. The summed E-state index contributed by atoms with van der Waals surface area (Å²) in [6, 6.07) is 0. The van der Waals surface area contributed by atoms with Crippen molar-refractivity contribution >= 4 is 23.1 Å². The summed E-state index contributed by atoms with van der Waals surface area (Å²) in [5.41, 5.74) is -1.06. The van der Waals surface area contributed by atoms with E-state index in [0.717, 1.165) is 25.7 Å². The van der Waals surface area contributed by atoms with Crippen LogP contribution in [0.3, 0.4) is 0 Å². The van der Waals surface area contributed by atoms with E-state index in [4.69, 9.17) is 0 Å². The van der Waals surface area contributed by atoms with Gasteiger partial charge in [-0.25, -0.2) is 0 Å². The zero-order chi connectivity index (χ0) is 21.3. The van der Waals surface area contributed by atoms with E-state index >= 15 is 0 Å². The van der Waals surface area contributed by atoms with E-state index in [1.54, 1.807) is 41.5 Å². The molecule has 0 bridgehead atoms. The average Bonchev–Trinajstić information content (AvgIpc) is 2.51. The number of ketones is 4. The SMILES string of the molecule is CCCC(C)C(=O)C(=O)C(C)(C)C.CCCC(C)C(=O)C(=O)C(C)(C)C.[Pd]. The minimum atomic E-state index is -0.529. The molecule has 4 nitrogen and oxygen atoms in total. The van der Waals surface area contributed by atoms with E-state index in [2.05, 4.69) is 0 Å². The van der Waals surface area contributed by atoms with Crippen molar-refractivity contribution in [3.8, 4) is 0 Å². The molecule has 162 valence electrons. The molecule has 0 aliphatic carbocycles. The molecule has 0 N–H and O–H groups in total. The molecule has 0 heterocycles. The van der Waals surface area contributed by atoms with E-state index in [0.29, 0.717) is 0 Å². The van der Waals surface area contributed by atoms with E-state index in [-0.39, 0.29) is 55.4 Å². The molecular formula is C22H40O4Pd. The standard InChI is InChI=1S/2C11H20O2.Pd/c2*1-6-7-8(2)9(12)10(13)11(3,4)5;/h2*8H,6-7H2,1-5H3;. The monoisotopic (exact) mass is 474 g/mol. The van der Waals surface area contributed by atoms with E-state index in [1.165, 1.54) is 0 Å². The Morgan fingerprint density at radius 3 is 1.00 bits per heavy atom. The second-order valence-electron chi connectivity index (χ2n) is 9.27. The molecule has 27 heavy (non-hydrogen) atoms. The van der Waals surface area contributed by atoms with Gasteiger partial charge in [0.1, 0.15) is 0 Å². The quantitative estimate of drug-likeness (QED) is 0.357. The van der Waals surface area contributed by atoms with Gasteiger partial charge in [0.15, 0.2) is 0 Å². The summed E-state index contributed by atoms with van der Waals surface area (Å²) in [7, 11) is 0. The van der Waals surface area contributed by atoms with Crippen molar-refractivity contribution in [1.29, 1.82) is 0 Å². The van der Waals surface area contributed by atoms with Gasteiger partial charge in [0.05, 0.1) is 0 Å². The third-order valence-corrected chi connectivity index (χ3v) is 4.15. The molecule has 2 unspecified atom stereocenters. The average molecular weight is 475 g/mol. The summed E-state index contributed by atoms with van der Waals surface area (Å²) >= 11 is 0. The van der Waals surface area contributed by atoms with Gasteiger partial charge < -0.3 is 0 Å². The van der Waals surface area contributed by atoms with Gasteiger partial charge in [-0.3, -0.25) is 19.2 Å². The number of Topliss-reactive ketones (excluding diaryl/α,β-unsaturated/α-hetero) is 4. The second kappa shape index (κ2) is 13.5. The first-order valence-corrected chi connectivity index (χ1v) is 9.78. The van der Waals surface area contributed by atoms with Crippen molar-refractivity contribution in [3.63, 3.8) is 0 Å². The van der Waals surface area contributed by atoms with Gasteiger partial charge in [-0.05, 0) is 12.8 Å². The molecule has 0 aromatic heterocycles. The minimum absolute atomic E-state index is 0. The van der Waals surface area contributed by atoms with Gasteiger partial charge in [-0.15, -0.1) is 0 Å². The van der Waals surface area contributed by atoms with Gasteiger partial charge >= 0.3 is 0 Å². The second-order valence-corrected chi connectivity index (χ2v) is 9.27. The normalized spacial score (nSPS) is 13.4. The van der Waals surface area contributed by atoms with Crippen molar-refractivity contribution < 1.29 is 39.6 Å². The molecule has 0 saturated carbocycles. The van der Waals surface area contributed by atoms with Crippen LogP contribution in [0.25, 0.3) is 0 Å². The Bertz CT molecular complexity index is 449. The summed E-state index contributed by atoms with van der Waals surface area (Å²) in [6.45, 7) is 18.4. The Morgan fingerprint density at radius 2 is 0.852 bits per heavy atom. The summed E-state index contributed by atoms with van der Waals surface area (Å²) in [4.78, 5) is 46.1. The third-order valence-electron chi connectivity index (χ3n) is 4.15. The van der Waals surface area contributed by atoms with Crippen LogP contribution < -0.4 is 0 Å². The van der Waals surface area contributed by atoms with Crippen LogP contribution in [0.5, 0.6) is 0 Å². The third kappa shape index (κ3) is 12.4. The van der Waals surface area contributed by atoms with Crippen molar-refractivity contribution in [1.82, 2.24) is 0 Å². The van der Waals surface area contributed by atoms with Crippen LogP contribution in [0.15, 0.2) is 0 Å². The fraction of sp³-hybridized carbons (Fsp3) is 0.818. The molecule has 0 radical (unpaired) electrons. The number of carbonyl (C=O) groups excluding carboxylic acids is 4. The number of hydrogen-bond donors (Lipinski definition) is 0. The zero-order valence-corrected chi connectivity index (χ0v) is 20.5. The predicted molar refractivity (Wildman–Crippen MR) is 107 cm³/mol. The molecule has 0 saturated heterocycles. The van der Waals surface area contributed by atoms with Crippen LogP contribution in [0, 0.1) is 22.7 Å². The minimum Gasteiger partial charge on any atom is -0.291 e. The largest absolute Gasteiger partial charge is 0.291 e. The van der Waals surface area contributed by atoms with Crippen molar-refractivity contribution in [3.05, 3.63) is 0 Å². The maximum Gasteiger partial charge on any atom is 0.203 e. The van der Waals surface area contributed by atoms with Gasteiger partial charge in [-0.1, -0.05) is 82.1 Å². The van der Waals surface area contributed by atoms with Gasteiger partial charge in [0, 0.05) is 43.1 Å². The first kappa shape index (κ1) is 31.0. The summed E-state index contributed by atoms with van der Waals surface area (Å²) in [5, 5.41) is 0. The molecule has 0 fully saturated rings. The Balaban J connectivity index is -0.000000411. The van der Waals surface area contributed by atoms with E-state index in [1.807, 2.05) is 27.7 Å². The maximum absolute atomic E-state index is 11.5. The molecule has 0 rings (SSSR count). The van der Waals surface area contributed by atoms with Gasteiger partial charge in [-0.2, -0.15) is 0 Å². The molecule has 0 aromatic carbocycles. The number of rotatable bonds is 8. The molecular weight excluding hydrogens is 435 g/mol. The van der Waals surface area contributed by atoms with E-state index in [9.17, 15) is 19.2 Å². The first-order chi connectivity index (χ1) is 11.6. The molecule has 2 atom stereocenters. The van der Waals surface area contributed by atoms with Crippen LogP contribution in [-0.2, 0) is 39.6 Å². The molecule has 0 aromatic rings. The zero-order valence-electron chi connectivity index (χ0n) is 18.9. The van der Waals surface area contributed by atoms with Crippen LogP contribution in [0.1, 0.15) is 94.9 Å². The number of hydrogen-bond acceptors (Lipinski definition) is 4. The Kier molecular flexibility index (Phi) is 15.5. The van der Waals surface area contributed by atoms with Crippen molar-refractivity contribution in [2.45, 2.75) is 94.9 Å². The summed E-state index contributed by atoms with van der Waals surface area (Å²) in [5.74, 6) is -1.14. The maximum atomic E-state index is 11.5. The predicted octanol–water partition coefficient (Wildman–Crippen LogP) is 5.21. The van der Waals surface area contributed by atoms with Crippen LogP contribution in [0.4, 0.5) is 0 Å². The Morgan fingerprint density at radius 1 is 0.630 bits per heavy atom. The summed E-state index contributed by atoms with van der Waals surface area (Å²) < 4.78 is 0. The van der Waals surface area contributed by atoms with Crippen LogP contribution >= 0.6 is 0 Å². The molecule has 0 amide bonds. The molecule has 0 aliphatic heterocycles. The van der Waals surface area contributed by atoms with Gasteiger partial charge in [0.25, 0.3) is 0 Å². The Hall–Kier alpha value is -0.658. The topological polar surface area (TPSA) is 68.3 Å². The Labute approximate surface area is 180 Å². The van der Waals surface area contributed by atoms with Crippen LogP contribution in [0.2, 0.25) is 0 Å². The fourth-order valence-corrected chi connectivity index (χ4v) is 2.31. The number of carbonyl (C=O) groups is 4. The first-order valence-electron chi connectivity index (χ1n) is 9.78. The smallest absolute Gasteiger partial charge is 0.203 e. The molecule has 0 spiro atoms. The molecule has 5 heteroatoms. The van der Waals surface area contributed by atoms with Gasteiger partial charge in [0.2, 0.25) is 23.1 Å². The molecule has 0 aliphatic rings. The van der Waals surface area contributed by atoms with Crippen LogP contribution in [-0.4, -0.2) is 23.1 Å². The van der Waals surface area contributed by atoms with Crippen molar-refractivity contribution in [2.75, 3.05) is 0 Å².